The zero-order valence-electron chi connectivity index (χ0n) is 15.3. The Bertz CT molecular complexity index is 1000. The van der Waals surface area contributed by atoms with Gasteiger partial charge in [0.15, 0.2) is 6.61 Å². The molecule has 29 heavy (non-hydrogen) atoms. The highest BCUT2D eigenvalue weighted by Crippen LogP contribution is 2.18. The van der Waals surface area contributed by atoms with Crippen LogP contribution in [0.5, 0.6) is 11.6 Å². The summed E-state index contributed by atoms with van der Waals surface area (Å²) < 4.78 is 23.7. The highest BCUT2D eigenvalue weighted by molar-refractivity contribution is 5.77. The second-order valence-corrected chi connectivity index (χ2v) is 5.86. The van der Waals surface area contributed by atoms with Gasteiger partial charge in [-0.3, -0.25) is 4.79 Å². The Morgan fingerprint density at radius 1 is 1.03 bits per heavy atom. The highest BCUT2D eigenvalue weighted by atomic mass is 19.1. The van der Waals surface area contributed by atoms with Crippen LogP contribution in [0.25, 0.3) is 11.3 Å². The number of benzene rings is 2. The summed E-state index contributed by atoms with van der Waals surface area (Å²) in [5, 5.41) is 19.6. The largest absolute Gasteiger partial charge is 0.482 e. The van der Waals surface area contributed by atoms with Gasteiger partial charge in [0.25, 0.3) is 5.91 Å². The molecule has 8 heteroatoms. The second-order valence-electron chi connectivity index (χ2n) is 5.86. The van der Waals surface area contributed by atoms with Gasteiger partial charge in [0.2, 0.25) is 5.88 Å². The number of aromatic nitrogens is 2. The average molecular weight is 392 g/mol. The molecule has 0 aliphatic rings. The van der Waals surface area contributed by atoms with Gasteiger partial charge < -0.3 is 14.8 Å². The van der Waals surface area contributed by atoms with E-state index in [2.05, 4.69) is 15.5 Å². The number of carbonyl (C=O) groups excluding carboxylic acids is 1. The Labute approximate surface area is 166 Å². The molecule has 146 valence electrons. The van der Waals surface area contributed by atoms with Crippen LogP contribution in [0.2, 0.25) is 0 Å². The topological polar surface area (TPSA) is 97.1 Å². The number of nitriles is 1. The van der Waals surface area contributed by atoms with E-state index < -0.39 is 0 Å². The minimum atomic E-state index is -0.334. The molecule has 1 aromatic heterocycles. The summed E-state index contributed by atoms with van der Waals surface area (Å²) in [6, 6.07) is 18.0. The number of rotatable bonds is 8. The van der Waals surface area contributed by atoms with Crippen molar-refractivity contribution in [3.05, 3.63) is 72.0 Å². The smallest absolute Gasteiger partial charge is 0.258 e. The molecule has 7 nitrogen and oxygen atoms in total. The number of amides is 1. The summed E-state index contributed by atoms with van der Waals surface area (Å²) in [4.78, 5) is 11.8. The maximum Gasteiger partial charge on any atom is 0.258 e. The maximum atomic E-state index is 13.0. The Hall–Kier alpha value is -3.99. The summed E-state index contributed by atoms with van der Waals surface area (Å²) in [5.74, 6) is 0.0182. The van der Waals surface area contributed by atoms with Crippen molar-refractivity contribution >= 4 is 5.91 Å². The van der Waals surface area contributed by atoms with Crippen LogP contribution in [0.4, 0.5) is 4.39 Å². The van der Waals surface area contributed by atoms with Crippen LogP contribution in [0.1, 0.15) is 5.56 Å². The van der Waals surface area contributed by atoms with Gasteiger partial charge in [-0.15, -0.1) is 10.2 Å². The van der Waals surface area contributed by atoms with E-state index in [4.69, 9.17) is 14.7 Å². The van der Waals surface area contributed by atoms with Crippen LogP contribution in [0, 0.1) is 17.1 Å². The zero-order valence-corrected chi connectivity index (χ0v) is 15.3. The van der Waals surface area contributed by atoms with E-state index in [9.17, 15) is 9.18 Å². The fraction of sp³-hybridized carbons (Fsp3) is 0.143. The van der Waals surface area contributed by atoms with Crippen LogP contribution >= 0.6 is 0 Å². The molecule has 0 spiro atoms. The molecule has 0 fully saturated rings. The van der Waals surface area contributed by atoms with E-state index in [1.54, 1.807) is 48.5 Å². The predicted octanol–water partition coefficient (Wildman–Crippen LogP) is 2.73. The van der Waals surface area contributed by atoms with Crippen LogP contribution in [0.3, 0.4) is 0 Å². The fourth-order valence-corrected chi connectivity index (χ4v) is 2.40. The van der Waals surface area contributed by atoms with E-state index in [1.165, 1.54) is 12.1 Å². The van der Waals surface area contributed by atoms with Gasteiger partial charge >= 0.3 is 0 Å². The van der Waals surface area contributed by atoms with Crippen molar-refractivity contribution in [2.45, 2.75) is 0 Å². The quantitative estimate of drug-likeness (QED) is 0.592. The Balaban J connectivity index is 1.39. The van der Waals surface area contributed by atoms with E-state index in [0.29, 0.717) is 22.9 Å². The van der Waals surface area contributed by atoms with Crippen LogP contribution < -0.4 is 14.8 Å². The van der Waals surface area contributed by atoms with Crippen LogP contribution in [-0.2, 0) is 4.79 Å². The summed E-state index contributed by atoms with van der Waals surface area (Å²) in [5.41, 5.74) is 1.71. The van der Waals surface area contributed by atoms with Crippen LogP contribution in [-0.4, -0.2) is 35.9 Å². The first-order valence-corrected chi connectivity index (χ1v) is 8.77. The number of hydrogen-bond acceptors (Lipinski definition) is 6. The molecule has 0 aliphatic heterocycles. The molecular weight excluding hydrogens is 375 g/mol. The lowest BCUT2D eigenvalue weighted by atomic mass is 10.1. The number of ether oxygens (including phenoxy) is 2. The molecule has 0 aliphatic carbocycles. The minimum absolute atomic E-state index is 0.200. The van der Waals surface area contributed by atoms with Gasteiger partial charge in [0, 0.05) is 11.6 Å². The third kappa shape index (κ3) is 5.74. The second kappa shape index (κ2) is 9.80. The molecule has 0 radical (unpaired) electrons. The molecule has 1 heterocycles. The Kier molecular flexibility index (Phi) is 6.68. The molecule has 3 rings (SSSR count). The number of nitrogens with zero attached hydrogens (tertiary/aromatic N) is 3. The van der Waals surface area contributed by atoms with Crippen molar-refractivity contribution in [2.24, 2.45) is 0 Å². The van der Waals surface area contributed by atoms with E-state index >= 15 is 0 Å². The lowest BCUT2D eigenvalue weighted by molar-refractivity contribution is -0.123. The van der Waals surface area contributed by atoms with Gasteiger partial charge in [0.1, 0.15) is 24.2 Å². The maximum absolute atomic E-state index is 13.0. The molecule has 0 bridgehead atoms. The first-order chi connectivity index (χ1) is 14.2. The summed E-state index contributed by atoms with van der Waals surface area (Å²) in [6.45, 7) is 0.249. The molecule has 0 saturated heterocycles. The third-order valence-corrected chi connectivity index (χ3v) is 3.82. The minimum Gasteiger partial charge on any atom is -0.482 e. The lowest BCUT2D eigenvalue weighted by Gasteiger charge is -2.09. The normalized spacial score (nSPS) is 10.1. The van der Waals surface area contributed by atoms with Crippen molar-refractivity contribution in [1.82, 2.24) is 15.5 Å². The molecular formula is C21H17FN4O3. The fourth-order valence-electron chi connectivity index (χ4n) is 2.40. The average Bonchev–Trinajstić information content (AvgIpc) is 2.76. The van der Waals surface area contributed by atoms with Crippen molar-refractivity contribution in [3.8, 4) is 29.0 Å². The van der Waals surface area contributed by atoms with Crippen molar-refractivity contribution in [2.75, 3.05) is 19.8 Å². The predicted molar refractivity (Wildman–Crippen MR) is 103 cm³/mol. The molecule has 2 aromatic carbocycles. The molecule has 1 N–H and O–H groups in total. The SMILES string of the molecule is N#Cc1ccccc1OCC(=O)NCCOc1ccc(-c2ccc(F)cc2)nn1. The molecule has 0 saturated carbocycles. The summed E-state index contributed by atoms with van der Waals surface area (Å²) >= 11 is 0. The summed E-state index contributed by atoms with van der Waals surface area (Å²) in [6.07, 6.45) is 0. The Morgan fingerprint density at radius 2 is 1.83 bits per heavy atom. The number of hydrogen-bond donors (Lipinski definition) is 1. The van der Waals surface area contributed by atoms with Crippen LogP contribution in [0.15, 0.2) is 60.7 Å². The molecule has 0 unspecified atom stereocenters. The number of nitrogens with one attached hydrogen (secondary N) is 1. The monoisotopic (exact) mass is 392 g/mol. The first kappa shape index (κ1) is 19.8. The number of halogens is 1. The van der Waals surface area contributed by atoms with E-state index in [1.807, 2.05) is 6.07 Å². The third-order valence-electron chi connectivity index (χ3n) is 3.82. The lowest BCUT2D eigenvalue weighted by Crippen LogP contribution is -2.32. The van der Waals surface area contributed by atoms with Crippen molar-refractivity contribution in [3.63, 3.8) is 0 Å². The van der Waals surface area contributed by atoms with Gasteiger partial charge in [-0.2, -0.15) is 5.26 Å². The van der Waals surface area contributed by atoms with Gasteiger partial charge in [0.05, 0.1) is 17.8 Å². The van der Waals surface area contributed by atoms with Gasteiger partial charge in [-0.25, -0.2) is 4.39 Å². The first-order valence-electron chi connectivity index (χ1n) is 8.77. The van der Waals surface area contributed by atoms with Gasteiger partial charge in [-0.05, 0) is 42.5 Å². The standard InChI is InChI=1S/C21H17FN4O3/c22-17-7-5-15(6-8-17)18-9-10-21(26-25-18)28-12-11-24-20(27)14-29-19-4-2-1-3-16(19)13-23/h1-10H,11-12,14H2,(H,24,27). The number of para-hydroxylation sites is 1. The highest BCUT2D eigenvalue weighted by Gasteiger charge is 2.06. The zero-order chi connectivity index (χ0) is 20.5. The van der Waals surface area contributed by atoms with E-state index in [0.717, 1.165) is 5.56 Å². The van der Waals surface area contributed by atoms with E-state index in [-0.39, 0.29) is 31.5 Å². The number of carbonyl (C=O) groups is 1. The molecule has 1 amide bonds. The van der Waals surface area contributed by atoms with Gasteiger partial charge in [-0.1, -0.05) is 12.1 Å². The molecule has 3 aromatic rings. The molecule has 0 atom stereocenters. The van der Waals surface area contributed by atoms with Crippen molar-refractivity contribution < 1.29 is 18.7 Å². The summed E-state index contributed by atoms with van der Waals surface area (Å²) in [7, 11) is 0. The van der Waals surface area contributed by atoms with Crippen molar-refractivity contribution in [1.29, 1.82) is 5.26 Å². The Morgan fingerprint density at radius 3 is 2.55 bits per heavy atom.